The number of thioether (sulfide) groups is 1. The number of anilines is 1. The Morgan fingerprint density at radius 2 is 1.63 bits per heavy atom. The quantitative estimate of drug-likeness (QED) is 0.721. The second-order valence-corrected chi connectivity index (χ2v) is 9.89. The first-order valence-electron chi connectivity index (χ1n) is 8.69. The lowest BCUT2D eigenvalue weighted by Gasteiger charge is -2.12. The van der Waals surface area contributed by atoms with E-state index in [4.69, 9.17) is 0 Å². The standard InChI is InChI=1S/C20H26N2O3S2/c1-15(2)17-7-5-16(6-8-17)13-26-14-20(23)21-18-9-11-19(12-10-18)27(24,25)22(3)4/h5-12,15H,13-14H2,1-4H3,(H,21,23). The molecule has 7 heteroatoms. The highest BCUT2D eigenvalue weighted by Crippen LogP contribution is 2.19. The highest BCUT2D eigenvalue weighted by atomic mass is 32.2. The molecule has 0 atom stereocenters. The van der Waals surface area contributed by atoms with Crippen LogP contribution in [0.3, 0.4) is 0 Å². The zero-order valence-electron chi connectivity index (χ0n) is 16.1. The Labute approximate surface area is 166 Å². The third-order valence-corrected chi connectivity index (χ3v) is 6.90. The van der Waals surface area contributed by atoms with Gasteiger partial charge < -0.3 is 5.32 Å². The Morgan fingerprint density at radius 1 is 1.04 bits per heavy atom. The first kappa shape index (κ1) is 21.5. The van der Waals surface area contributed by atoms with Gasteiger partial charge in [-0.15, -0.1) is 11.8 Å². The molecular weight excluding hydrogens is 380 g/mol. The molecular formula is C20H26N2O3S2. The van der Waals surface area contributed by atoms with Crippen LogP contribution in [-0.4, -0.2) is 38.5 Å². The lowest BCUT2D eigenvalue weighted by molar-refractivity contribution is -0.113. The van der Waals surface area contributed by atoms with Crippen LogP contribution >= 0.6 is 11.8 Å². The van der Waals surface area contributed by atoms with Gasteiger partial charge in [0, 0.05) is 25.5 Å². The summed E-state index contributed by atoms with van der Waals surface area (Å²) in [5.41, 5.74) is 3.08. The Balaban J connectivity index is 1.83. The molecule has 5 nitrogen and oxygen atoms in total. The predicted octanol–water partition coefficient (Wildman–Crippen LogP) is 3.93. The number of sulfonamides is 1. The minimum Gasteiger partial charge on any atom is -0.325 e. The maximum absolute atomic E-state index is 12.1. The third kappa shape index (κ3) is 6.09. The Bertz CT molecular complexity index is 859. The molecule has 0 saturated carbocycles. The molecule has 0 aliphatic rings. The van der Waals surface area contributed by atoms with E-state index < -0.39 is 10.0 Å². The van der Waals surface area contributed by atoms with Gasteiger partial charge in [0.2, 0.25) is 15.9 Å². The number of nitrogens with one attached hydrogen (secondary N) is 1. The number of carbonyl (C=O) groups is 1. The van der Waals surface area contributed by atoms with Crippen molar-refractivity contribution in [3.63, 3.8) is 0 Å². The zero-order valence-corrected chi connectivity index (χ0v) is 17.7. The smallest absolute Gasteiger partial charge is 0.242 e. The molecule has 0 unspecified atom stereocenters. The maximum atomic E-state index is 12.1. The van der Waals surface area contributed by atoms with E-state index in [1.54, 1.807) is 23.9 Å². The van der Waals surface area contributed by atoms with Gasteiger partial charge in [-0.25, -0.2) is 12.7 Å². The average molecular weight is 407 g/mol. The lowest BCUT2D eigenvalue weighted by Crippen LogP contribution is -2.22. The molecule has 2 aromatic rings. The van der Waals surface area contributed by atoms with E-state index in [2.05, 4.69) is 43.4 Å². The van der Waals surface area contributed by atoms with Gasteiger partial charge in [-0.2, -0.15) is 0 Å². The molecule has 0 aromatic heterocycles. The van der Waals surface area contributed by atoms with Gasteiger partial charge in [-0.1, -0.05) is 38.1 Å². The Hall–Kier alpha value is -1.83. The summed E-state index contributed by atoms with van der Waals surface area (Å²) in [4.78, 5) is 12.3. The molecule has 2 aromatic carbocycles. The van der Waals surface area contributed by atoms with E-state index in [-0.39, 0.29) is 10.8 Å². The number of rotatable bonds is 8. The minimum atomic E-state index is -3.46. The predicted molar refractivity (Wildman–Crippen MR) is 113 cm³/mol. The van der Waals surface area contributed by atoms with Crippen molar-refractivity contribution in [3.8, 4) is 0 Å². The van der Waals surface area contributed by atoms with Crippen molar-refractivity contribution in [1.82, 2.24) is 4.31 Å². The number of nitrogens with zero attached hydrogens (tertiary/aromatic N) is 1. The third-order valence-electron chi connectivity index (χ3n) is 4.06. The fourth-order valence-corrected chi connectivity index (χ4v) is 4.07. The summed E-state index contributed by atoms with van der Waals surface area (Å²) in [6, 6.07) is 14.7. The number of amides is 1. The molecule has 1 amide bonds. The molecule has 0 fully saturated rings. The van der Waals surface area contributed by atoms with Crippen molar-refractivity contribution in [2.24, 2.45) is 0 Å². The minimum absolute atomic E-state index is 0.109. The van der Waals surface area contributed by atoms with Gasteiger partial charge in [-0.3, -0.25) is 4.79 Å². The van der Waals surface area contributed by atoms with E-state index in [1.807, 2.05) is 0 Å². The number of benzene rings is 2. The van der Waals surface area contributed by atoms with E-state index in [1.165, 1.54) is 37.4 Å². The first-order valence-corrected chi connectivity index (χ1v) is 11.3. The van der Waals surface area contributed by atoms with E-state index in [0.717, 1.165) is 10.1 Å². The van der Waals surface area contributed by atoms with Gasteiger partial charge in [0.1, 0.15) is 0 Å². The fourth-order valence-electron chi connectivity index (χ4n) is 2.38. The van der Waals surface area contributed by atoms with Crippen LogP contribution < -0.4 is 5.32 Å². The van der Waals surface area contributed by atoms with Gasteiger partial charge in [-0.05, 0) is 41.3 Å². The number of hydrogen-bond acceptors (Lipinski definition) is 4. The summed E-state index contributed by atoms with van der Waals surface area (Å²) in [7, 11) is -0.490. The molecule has 0 aliphatic heterocycles. The summed E-state index contributed by atoms with van der Waals surface area (Å²) < 4.78 is 25.2. The Morgan fingerprint density at radius 3 is 2.15 bits per heavy atom. The largest absolute Gasteiger partial charge is 0.325 e. The van der Waals surface area contributed by atoms with Crippen LogP contribution in [0.15, 0.2) is 53.4 Å². The van der Waals surface area contributed by atoms with E-state index >= 15 is 0 Å². The Kier molecular flexibility index (Phi) is 7.47. The van der Waals surface area contributed by atoms with E-state index in [0.29, 0.717) is 17.4 Å². The molecule has 0 bridgehead atoms. The highest BCUT2D eigenvalue weighted by molar-refractivity contribution is 7.99. The van der Waals surface area contributed by atoms with Crippen molar-refractivity contribution in [2.75, 3.05) is 25.2 Å². The molecule has 1 N–H and O–H groups in total. The van der Waals surface area contributed by atoms with Gasteiger partial charge in [0.25, 0.3) is 0 Å². The second-order valence-electron chi connectivity index (χ2n) is 6.75. The van der Waals surface area contributed by atoms with Crippen LogP contribution in [0.1, 0.15) is 30.9 Å². The molecule has 0 radical (unpaired) electrons. The van der Waals surface area contributed by atoms with Crippen molar-refractivity contribution in [3.05, 3.63) is 59.7 Å². The van der Waals surface area contributed by atoms with Gasteiger partial charge >= 0.3 is 0 Å². The molecule has 2 rings (SSSR count). The van der Waals surface area contributed by atoms with Crippen molar-refractivity contribution < 1.29 is 13.2 Å². The average Bonchev–Trinajstić information content (AvgIpc) is 2.62. The molecule has 0 saturated heterocycles. The summed E-state index contributed by atoms with van der Waals surface area (Å²) >= 11 is 1.54. The van der Waals surface area contributed by atoms with Crippen LogP contribution in [0.2, 0.25) is 0 Å². The molecule has 0 spiro atoms. The van der Waals surface area contributed by atoms with Crippen LogP contribution in [0.4, 0.5) is 5.69 Å². The molecule has 146 valence electrons. The second kappa shape index (κ2) is 9.39. The summed E-state index contributed by atoms with van der Waals surface area (Å²) in [5.74, 6) is 1.51. The lowest BCUT2D eigenvalue weighted by atomic mass is 10.0. The van der Waals surface area contributed by atoms with Gasteiger partial charge in [0.05, 0.1) is 10.6 Å². The van der Waals surface area contributed by atoms with Crippen LogP contribution in [-0.2, 0) is 20.6 Å². The maximum Gasteiger partial charge on any atom is 0.242 e. The highest BCUT2D eigenvalue weighted by Gasteiger charge is 2.16. The molecule has 27 heavy (non-hydrogen) atoms. The monoisotopic (exact) mass is 406 g/mol. The zero-order chi connectivity index (χ0) is 20.0. The molecule has 0 heterocycles. The van der Waals surface area contributed by atoms with Crippen molar-refractivity contribution in [2.45, 2.75) is 30.4 Å². The van der Waals surface area contributed by atoms with E-state index in [9.17, 15) is 13.2 Å². The fraction of sp³-hybridized carbons (Fsp3) is 0.350. The summed E-state index contributed by atoms with van der Waals surface area (Å²) in [6.07, 6.45) is 0. The van der Waals surface area contributed by atoms with Crippen LogP contribution in [0.5, 0.6) is 0 Å². The van der Waals surface area contributed by atoms with Gasteiger partial charge in [0.15, 0.2) is 0 Å². The topological polar surface area (TPSA) is 66.5 Å². The number of hydrogen-bond donors (Lipinski definition) is 1. The SMILES string of the molecule is CC(C)c1ccc(CSCC(=O)Nc2ccc(S(=O)(=O)N(C)C)cc2)cc1. The first-order chi connectivity index (χ1) is 12.7. The van der Waals surface area contributed by atoms with Crippen molar-refractivity contribution in [1.29, 1.82) is 0 Å². The normalized spacial score (nSPS) is 11.8. The van der Waals surface area contributed by atoms with Crippen LogP contribution in [0, 0.1) is 0 Å². The number of carbonyl (C=O) groups excluding carboxylic acids is 1. The van der Waals surface area contributed by atoms with Crippen molar-refractivity contribution >= 4 is 33.4 Å². The summed E-state index contributed by atoms with van der Waals surface area (Å²) in [5, 5.41) is 2.79. The molecule has 0 aliphatic carbocycles. The summed E-state index contributed by atoms with van der Waals surface area (Å²) in [6.45, 7) is 4.33. The van der Waals surface area contributed by atoms with Crippen LogP contribution in [0.25, 0.3) is 0 Å².